The molecule has 3 nitrogen and oxygen atoms in total. The van der Waals surface area contributed by atoms with E-state index in [1.807, 2.05) is 61.0 Å². The summed E-state index contributed by atoms with van der Waals surface area (Å²) in [6, 6.07) is 13.9. The van der Waals surface area contributed by atoms with E-state index in [1.165, 1.54) is 0 Å². The van der Waals surface area contributed by atoms with E-state index in [4.69, 9.17) is 0 Å². The molecule has 0 aliphatic rings. The van der Waals surface area contributed by atoms with Crippen molar-refractivity contribution in [2.75, 3.05) is 7.05 Å². The van der Waals surface area contributed by atoms with Gasteiger partial charge in [0.15, 0.2) is 0 Å². The van der Waals surface area contributed by atoms with Crippen LogP contribution in [-0.2, 0) is 13.1 Å². The summed E-state index contributed by atoms with van der Waals surface area (Å²) in [6.45, 7) is 3.28. The molecule has 2 rings (SSSR count). The molecule has 0 radical (unpaired) electrons. The van der Waals surface area contributed by atoms with Gasteiger partial charge in [-0.2, -0.15) is 0 Å². The average molecular weight is 242 g/mol. The molecule has 1 aromatic heterocycles. The van der Waals surface area contributed by atoms with Crippen LogP contribution in [0, 0.1) is 0 Å². The van der Waals surface area contributed by atoms with Crippen molar-refractivity contribution in [3.8, 4) is 11.3 Å². The summed E-state index contributed by atoms with van der Waals surface area (Å²) in [7, 11) is 1.85. The van der Waals surface area contributed by atoms with E-state index in [0.29, 0.717) is 13.1 Å². The first-order chi connectivity index (χ1) is 8.77. The summed E-state index contributed by atoms with van der Waals surface area (Å²) in [5, 5.41) is 3.02. The third-order valence-corrected chi connectivity index (χ3v) is 3.01. The van der Waals surface area contributed by atoms with Crippen LogP contribution < -0.4 is 10.9 Å². The summed E-state index contributed by atoms with van der Waals surface area (Å²) in [4.78, 5) is 12.3. The number of nitrogens with zero attached hydrogens (tertiary/aromatic N) is 1. The van der Waals surface area contributed by atoms with Crippen LogP contribution in [0.25, 0.3) is 11.3 Å². The van der Waals surface area contributed by atoms with Crippen molar-refractivity contribution >= 4 is 0 Å². The van der Waals surface area contributed by atoms with Crippen molar-refractivity contribution < 1.29 is 0 Å². The first kappa shape index (κ1) is 12.6. The van der Waals surface area contributed by atoms with E-state index >= 15 is 0 Å². The minimum atomic E-state index is 0.0909. The lowest BCUT2D eigenvalue weighted by atomic mass is 10.1. The molecule has 0 spiro atoms. The van der Waals surface area contributed by atoms with Crippen molar-refractivity contribution in [3.63, 3.8) is 0 Å². The molecule has 0 fully saturated rings. The highest BCUT2D eigenvalue weighted by atomic mass is 16.1. The normalized spacial score (nSPS) is 10.6. The van der Waals surface area contributed by atoms with E-state index in [-0.39, 0.29) is 5.56 Å². The maximum absolute atomic E-state index is 12.3. The summed E-state index contributed by atoms with van der Waals surface area (Å²) >= 11 is 0. The molecule has 0 amide bonds. The highest BCUT2D eigenvalue weighted by molar-refractivity contribution is 5.59. The van der Waals surface area contributed by atoms with Gasteiger partial charge < -0.3 is 9.88 Å². The topological polar surface area (TPSA) is 34.0 Å². The molecule has 1 N–H and O–H groups in total. The first-order valence-corrected chi connectivity index (χ1v) is 6.20. The lowest BCUT2D eigenvalue weighted by Crippen LogP contribution is -2.26. The average Bonchev–Trinajstić information content (AvgIpc) is 2.42. The zero-order chi connectivity index (χ0) is 13.0. The molecule has 0 aliphatic heterocycles. The number of nitrogens with one attached hydrogen (secondary N) is 1. The fraction of sp³-hybridized carbons (Fsp3) is 0.267. The lowest BCUT2D eigenvalue weighted by Gasteiger charge is -2.13. The predicted octanol–water partition coefficient (Wildman–Crippen LogP) is 2.25. The van der Waals surface area contributed by atoms with Crippen molar-refractivity contribution in [1.82, 2.24) is 9.88 Å². The predicted molar refractivity (Wildman–Crippen MR) is 74.6 cm³/mol. The fourth-order valence-corrected chi connectivity index (χ4v) is 2.12. The van der Waals surface area contributed by atoms with Crippen LogP contribution in [0.3, 0.4) is 0 Å². The molecular weight excluding hydrogens is 224 g/mol. The van der Waals surface area contributed by atoms with Gasteiger partial charge in [0, 0.05) is 18.7 Å². The van der Waals surface area contributed by atoms with Gasteiger partial charge in [-0.3, -0.25) is 4.79 Å². The molecule has 0 saturated carbocycles. The Balaban J connectivity index is 2.57. The Bertz CT molecular complexity index is 573. The van der Waals surface area contributed by atoms with Crippen LogP contribution in [0.15, 0.2) is 47.3 Å². The molecule has 0 aliphatic carbocycles. The van der Waals surface area contributed by atoms with Crippen LogP contribution in [0.2, 0.25) is 0 Å². The molecule has 3 heteroatoms. The van der Waals surface area contributed by atoms with Crippen molar-refractivity contribution in [1.29, 1.82) is 0 Å². The number of hydrogen-bond acceptors (Lipinski definition) is 2. The van der Waals surface area contributed by atoms with Crippen molar-refractivity contribution in [2.45, 2.75) is 20.0 Å². The van der Waals surface area contributed by atoms with Gasteiger partial charge in [0.2, 0.25) is 0 Å². The summed E-state index contributed by atoms with van der Waals surface area (Å²) in [6.07, 6.45) is 0. The minimum absolute atomic E-state index is 0.0909. The largest absolute Gasteiger partial charge is 0.315 e. The number of hydrogen-bond donors (Lipinski definition) is 1. The smallest absolute Gasteiger partial charge is 0.255 e. The van der Waals surface area contributed by atoms with Gasteiger partial charge in [0.05, 0.1) is 5.69 Å². The second kappa shape index (κ2) is 5.65. The SMILES string of the molecule is CCn1c(-c2ccccc2)ccc(CNC)c1=O. The Morgan fingerprint density at radius 2 is 1.83 bits per heavy atom. The zero-order valence-corrected chi connectivity index (χ0v) is 10.8. The quantitative estimate of drug-likeness (QED) is 0.892. The van der Waals surface area contributed by atoms with E-state index in [1.54, 1.807) is 0 Å². The highest BCUT2D eigenvalue weighted by Crippen LogP contribution is 2.17. The van der Waals surface area contributed by atoms with Gasteiger partial charge in [-0.1, -0.05) is 36.4 Å². The Hall–Kier alpha value is -1.87. The van der Waals surface area contributed by atoms with Gasteiger partial charge in [-0.05, 0) is 25.6 Å². The Morgan fingerprint density at radius 3 is 2.44 bits per heavy atom. The number of benzene rings is 1. The minimum Gasteiger partial charge on any atom is -0.315 e. The van der Waals surface area contributed by atoms with E-state index in [0.717, 1.165) is 16.8 Å². The standard InChI is InChI=1S/C15H18N2O/c1-3-17-14(12-7-5-4-6-8-12)10-9-13(11-16-2)15(17)18/h4-10,16H,3,11H2,1-2H3. The number of rotatable bonds is 4. The van der Waals surface area contributed by atoms with Crippen molar-refractivity contribution in [2.24, 2.45) is 0 Å². The Kier molecular flexibility index (Phi) is 3.95. The molecule has 1 aromatic carbocycles. The van der Waals surface area contributed by atoms with Gasteiger partial charge in [0.25, 0.3) is 5.56 Å². The fourth-order valence-electron chi connectivity index (χ4n) is 2.12. The molecule has 1 heterocycles. The van der Waals surface area contributed by atoms with E-state index < -0.39 is 0 Å². The van der Waals surface area contributed by atoms with Crippen molar-refractivity contribution in [3.05, 3.63) is 58.4 Å². The molecule has 0 saturated heterocycles. The first-order valence-electron chi connectivity index (χ1n) is 6.20. The van der Waals surface area contributed by atoms with Crippen LogP contribution >= 0.6 is 0 Å². The molecule has 0 atom stereocenters. The number of pyridine rings is 1. The molecule has 18 heavy (non-hydrogen) atoms. The summed E-state index contributed by atoms with van der Waals surface area (Å²) < 4.78 is 1.82. The van der Waals surface area contributed by atoms with Gasteiger partial charge in [0.1, 0.15) is 0 Å². The lowest BCUT2D eigenvalue weighted by molar-refractivity contribution is 0.707. The van der Waals surface area contributed by atoms with Gasteiger partial charge >= 0.3 is 0 Å². The van der Waals surface area contributed by atoms with Crippen LogP contribution in [0.4, 0.5) is 0 Å². The second-order valence-corrected chi connectivity index (χ2v) is 4.19. The second-order valence-electron chi connectivity index (χ2n) is 4.19. The Morgan fingerprint density at radius 1 is 1.11 bits per heavy atom. The molecule has 2 aromatic rings. The third kappa shape index (κ3) is 2.36. The van der Waals surface area contributed by atoms with Gasteiger partial charge in [-0.15, -0.1) is 0 Å². The summed E-state index contributed by atoms with van der Waals surface area (Å²) in [5.41, 5.74) is 2.95. The van der Waals surface area contributed by atoms with E-state index in [2.05, 4.69) is 5.32 Å². The zero-order valence-electron chi connectivity index (χ0n) is 10.8. The maximum Gasteiger partial charge on any atom is 0.255 e. The molecule has 0 unspecified atom stereocenters. The van der Waals surface area contributed by atoms with Crippen LogP contribution in [-0.4, -0.2) is 11.6 Å². The van der Waals surface area contributed by atoms with Crippen LogP contribution in [0.5, 0.6) is 0 Å². The molecule has 0 bridgehead atoms. The molecular formula is C15H18N2O. The number of aromatic nitrogens is 1. The monoisotopic (exact) mass is 242 g/mol. The third-order valence-electron chi connectivity index (χ3n) is 3.01. The van der Waals surface area contributed by atoms with E-state index in [9.17, 15) is 4.79 Å². The maximum atomic E-state index is 12.3. The molecule has 94 valence electrons. The van der Waals surface area contributed by atoms with Gasteiger partial charge in [-0.25, -0.2) is 0 Å². The van der Waals surface area contributed by atoms with Crippen LogP contribution in [0.1, 0.15) is 12.5 Å². The summed E-state index contributed by atoms with van der Waals surface area (Å²) in [5.74, 6) is 0. The Labute approximate surface area is 107 Å². The highest BCUT2D eigenvalue weighted by Gasteiger charge is 2.08.